The molecule has 0 aromatic carbocycles. The first-order valence-corrected chi connectivity index (χ1v) is 6.07. The van der Waals surface area contributed by atoms with E-state index < -0.39 is 5.41 Å². The molecule has 0 aliphatic carbocycles. The number of likely N-dealkylation sites (tertiary alicyclic amines) is 1. The van der Waals surface area contributed by atoms with Crippen LogP contribution in [-0.4, -0.2) is 36.3 Å². The Labute approximate surface area is 96.4 Å². The maximum Gasteiger partial charge on any atom is 0.230 e. The molecule has 0 saturated carbocycles. The normalized spacial score (nSPS) is 35.0. The second-order valence-corrected chi connectivity index (χ2v) is 5.51. The Morgan fingerprint density at radius 3 is 2.88 bits per heavy atom. The number of carbonyl (C=O) groups excluding carboxylic acids is 2. The van der Waals surface area contributed by atoms with E-state index >= 15 is 0 Å². The van der Waals surface area contributed by atoms with E-state index in [1.54, 1.807) is 0 Å². The lowest BCUT2D eigenvalue weighted by atomic mass is 9.86. The molecular formula is C12H20N2O2. The van der Waals surface area contributed by atoms with Crippen molar-refractivity contribution in [3.8, 4) is 0 Å². The lowest BCUT2D eigenvalue weighted by molar-refractivity contribution is -0.142. The van der Waals surface area contributed by atoms with Gasteiger partial charge < -0.3 is 10.2 Å². The van der Waals surface area contributed by atoms with Crippen molar-refractivity contribution < 1.29 is 9.59 Å². The fourth-order valence-electron chi connectivity index (χ4n) is 2.68. The third kappa shape index (κ3) is 2.06. The van der Waals surface area contributed by atoms with Crippen LogP contribution >= 0.6 is 0 Å². The lowest BCUT2D eigenvalue weighted by Gasteiger charge is -2.35. The molecule has 2 amide bonds. The van der Waals surface area contributed by atoms with Gasteiger partial charge in [0.25, 0.3) is 0 Å². The predicted molar refractivity (Wildman–Crippen MR) is 60.7 cm³/mol. The number of carbonyl (C=O) groups is 2. The van der Waals surface area contributed by atoms with Gasteiger partial charge in [-0.25, -0.2) is 0 Å². The van der Waals surface area contributed by atoms with E-state index in [2.05, 4.69) is 12.2 Å². The summed E-state index contributed by atoms with van der Waals surface area (Å²) >= 11 is 0. The first kappa shape index (κ1) is 11.4. The Hall–Kier alpha value is -1.06. The van der Waals surface area contributed by atoms with Gasteiger partial charge in [-0.15, -0.1) is 0 Å². The van der Waals surface area contributed by atoms with Gasteiger partial charge in [0, 0.05) is 26.1 Å². The number of nitrogens with zero attached hydrogens (tertiary/aromatic N) is 1. The third-order valence-electron chi connectivity index (χ3n) is 3.69. The Balaban J connectivity index is 2.03. The lowest BCUT2D eigenvalue weighted by Crippen LogP contribution is -2.47. The molecule has 2 saturated heterocycles. The molecule has 16 heavy (non-hydrogen) atoms. The molecule has 2 aliphatic rings. The van der Waals surface area contributed by atoms with Crippen molar-refractivity contribution in [1.29, 1.82) is 0 Å². The SMILES string of the molecule is CC1CCCN(C(=O)C2(C)CNC(=O)C2)C1. The largest absolute Gasteiger partial charge is 0.355 e. The number of hydrogen-bond donors (Lipinski definition) is 1. The summed E-state index contributed by atoms with van der Waals surface area (Å²) in [6.07, 6.45) is 2.64. The van der Waals surface area contributed by atoms with Crippen LogP contribution in [0.5, 0.6) is 0 Å². The summed E-state index contributed by atoms with van der Waals surface area (Å²) in [5.41, 5.74) is -0.506. The summed E-state index contributed by atoms with van der Waals surface area (Å²) in [7, 11) is 0. The fraction of sp³-hybridized carbons (Fsp3) is 0.833. The van der Waals surface area contributed by atoms with Crippen molar-refractivity contribution in [1.82, 2.24) is 10.2 Å². The summed E-state index contributed by atoms with van der Waals surface area (Å²) in [6.45, 7) is 6.28. The minimum atomic E-state index is -0.506. The van der Waals surface area contributed by atoms with Gasteiger partial charge in [-0.3, -0.25) is 9.59 Å². The van der Waals surface area contributed by atoms with Gasteiger partial charge in [-0.1, -0.05) is 6.92 Å². The highest BCUT2D eigenvalue weighted by atomic mass is 16.2. The Morgan fingerprint density at radius 2 is 2.31 bits per heavy atom. The first-order chi connectivity index (χ1) is 7.51. The molecule has 4 heteroatoms. The van der Waals surface area contributed by atoms with E-state index in [1.165, 1.54) is 6.42 Å². The molecule has 2 fully saturated rings. The van der Waals surface area contributed by atoms with E-state index in [0.29, 0.717) is 18.9 Å². The number of nitrogens with one attached hydrogen (secondary N) is 1. The molecule has 2 unspecified atom stereocenters. The molecule has 2 heterocycles. The maximum absolute atomic E-state index is 12.3. The van der Waals surface area contributed by atoms with Crippen LogP contribution in [0.25, 0.3) is 0 Å². The molecule has 2 aliphatic heterocycles. The Kier molecular flexibility index (Phi) is 2.91. The summed E-state index contributed by atoms with van der Waals surface area (Å²) in [5, 5.41) is 2.75. The van der Waals surface area contributed by atoms with Gasteiger partial charge in [-0.2, -0.15) is 0 Å². The van der Waals surface area contributed by atoms with Gasteiger partial charge in [0.2, 0.25) is 11.8 Å². The topological polar surface area (TPSA) is 49.4 Å². The molecule has 0 radical (unpaired) electrons. The van der Waals surface area contributed by atoms with Crippen LogP contribution in [0.15, 0.2) is 0 Å². The second kappa shape index (κ2) is 4.07. The highest BCUT2D eigenvalue weighted by Crippen LogP contribution is 2.30. The number of amides is 2. The zero-order chi connectivity index (χ0) is 11.8. The molecule has 2 rings (SSSR count). The average Bonchev–Trinajstić information content (AvgIpc) is 2.59. The third-order valence-corrected chi connectivity index (χ3v) is 3.69. The molecule has 90 valence electrons. The van der Waals surface area contributed by atoms with Gasteiger partial charge in [0.05, 0.1) is 5.41 Å². The van der Waals surface area contributed by atoms with Crippen LogP contribution in [0.3, 0.4) is 0 Å². The standard InChI is InChI=1S/C12H20N2O2/c1-9-4-3-5-14(7-9)11(16)12(2)6-10(15)13-8-12/h9H,3-8H2,1-2H3,(H,13,15). The van der Waals surface area contributed by atoms with Crippen molar-refractivity contribution in [2.75, 3.05) is 19.6 Å². The number of rotatable bonds is 1. The van der Waals surface area contributed by atoms with E-state index in [1.807, 2.05) is 11.8 Å². The summed E-state index contributed by atoms with van der Waals surface area (Å²) < 4.78 is 0. The molecular weight excluding hydrogens is 204 g/mol. The monoisotopic (exact) mass is 224 g/mol. The summed E-state index contributed by atoms with van der Waals surface area (Å²) in [6, 6.07) is 0. The zero-order valence-corrected chi connectivity index (χ0v) is 10.1. The van der Waals surface area contributed by atoms with E-state index in [0.717, 1.165) is 19.5 Å². The van der Waals surface area contributed by atoms with Gasteiger partial charge >= 0.3 is 0 Å². The van der Waals surface area contributed by atoms with Crippen LogP contribution in [0.2, 0.25) is 0 Å². The minimum Gasteiger partial charge on any atom is -0.355 e. The van der Waals surface area contributed by atoms with Crippen molar-refractivity contribution in [3.63, 3.8) is 0 Å². The molecule has 0 spiro atoms. The molecule has 0 bridgehead atoms. The van der Waals surface area contributed by atoms with E-state index in [9.17, 15) is 9.59 Å². The van der Waals surface area contributed by atoms with Crippen molar-refractivity contribution in [3.05, 3.63) is 0 Å². The van der Waals surface area contributed by atoms with Crippen LogP contribution in [0.1, 0.15) is 33.1 Å². The summed E-state index contributed by atoms with van der Waals surface area (Å²) in [4.78, 5) is 25.5. The van der Waals surface area contributed by atoms with E-state index in [4.69, 9.17) is 0 Å². The number of hydrogen-bond acceptors (Lipinski definition) is 2. The van der Waals surface area contributed by atoms with E-state index in [-0.39, 0.29) is 11.8 Å². The van der Waals surface area contributed by atoms with Gasteiger partial charge in [-0.05, 0) is 25.7 Å². The first-order valence-electron chi connectivity index (χ1n) is 6.07. The van der Waals surface area contributed by atoms with Crippen LogP contribution in [-0.2, 0) is 9.59 Å². The predicted octanol–water partition coefficient (Wildman–Crippen LogP) is 0.771. The highest BCUT2D eigenvalue weighted by Gasteiger charge is 2.43. The van der Waals surface area contributed by atoms with Crippen molar-refractivity contribution in [2.24, 2.45) is 11.3 Å². The zero-order valence-electron chi connectivity index (χ0n) is 10.1. The maximum atomic E-state index is 12.3. The van der Waals surface area contributed by atoms with Crippen LogP contribution < -0.4 is 5.32 Å². The van der Waals surface area contributed by atoms with Crippen LogP contribution in [0.4, 0.5) is 0 Å². The van der Waals surface area contributed by atoms with Gasteiger partial charge in [0.1, 0.15) is 0 Å². The van der Waals surface area contributed by atoms with Crippen molar-refractivity contribution in [2.45, 2.75) is 33.1 Å². The molecule has 0 aromatic heterocycles. The fourth-order valence-corrected chi connectivity index (χ4v) is 2.68. The molecule has 1 N–H and O–H groups in total. The minimum absolute atomic E-state index is 0.000841. The van der Waals surface area contributed by atoms with Crippen molar-refractivity contribution >= 4 is 11.8 Å². The number of piperidine rings is 1. The quantitative estimate of drug-likeness (QED) is 0.715. The second-order valence-electron chi connectivity index (χ2n) is 5.51. The van der Waals surface area contributed by atoms with Gasteiger partial charge in [0.15, 0.2) is 0 Å². The molecule has 4 nitrogen and oxygen atoms in total. The Morgan fingerprint density at radius 1 is 1.56 bits per heavy atom. The Bertz CT molecular complexity index is 316. The smallest absolute Gasteiger partial charge is 0.230 e. The van der Waals surface area contributed by atoms with Crippen LogP contribution in [0, 0.1) is 11.3 Å². The molecule has 0 aromatic rings. The average molecular weight is 224 g/mol. The molecule has 2 atom stereocenters. The highest BCUT2D eigenvalue weighted by molar-refractivity contribution is 5.92. The summed E-state index contributed by atoms with van der Waals surface area (Å²) in [5.74, 6) is 0.740.